The van der Waals surface area contributed by atoms with Gasteiger partial charge < -0.3 is 14.8 Å². The zero-order chi connectivity index (χ0) is 22.1. The molecule has 5 rings (SSSR count). The van der Waals surface area contributed by atoms with E-state index in [0.717, 1.165) is 11.1 Å². The van der Waals surface area contributed by atoms with Crippen LogP contribution in [0.3, 0.4) is 0 Å². The van der Waals surface area contributed by atoms with Gasteiger partial charge in [0.15, 0.2) is 11.5 Å². The van der Waals surface area contributed by atoms with Gasteiger partial charge in [0.05, 0.1) is 12.1 Å². The number of rotatable bonds is 5. The molecule has 0 saturated heterocycles. The summed E-state index contributed by atoms with van der Waals surface area (Å²) >= 11 is 0. The highest BCUT2D eigenvalue weighted by atomic mass is 16.6. The number of nitrogens with one attached hydrogen (secondary N) is 1. The van der Waals surface area contributed by atoms with Crippen LogP contribution in [0.4, 0.5) is 5.69 Å². The Hall–Kier alpha value is -4.13. The summed E-state index contributed by atoms with van der Waals surface area (Å²) in [5.74, 6) is 0.524. The van der Waals surface area contributed by atoms with Gasteiger partial charge in [0.25, 0.3) is 11.8 Å². The van der Waals surface area contributed by atoms with Crippen LogP contribution in [-0.2, 0) is 16.1 Å². The van der Waals surface area contributed by atoms with Crippen molar-refractivity contribution >= 4 is 23.1 Å². The first-order valence-electron chi connectivity index (χ1n) is 10.3. The number of hydrogen-bond acceptors (Lipinski definition) is 6. The van der Waals surface area contributed by atoms with Crippen molar-refractivity contribution in [1.29, 1.82) is 0 Å². The zero-order valence-electron chi connectivity index (χ0n) is 17.5. The Kier molecular flexibility index (Phi) is 5.07. The summed E-state index contributed by atoms with van der Waals surface area (Å²) in [5.41, 5.74) is 3.74. The Labute approximate surface area is 185 Å². The maximum Gasteiger partial charge on any atom is 0.278 e. The third-order valence-electron chi connectivity index (χ3n) is 5.38. The number of hydrogen-bond donors (Lipinski definition) is 1. The van der Waals surface area contributed by atoms with E-state index in [-0.39, 0.29) is 24.1 Å². The lowest BCUT2D eigenvalue weighted by Crippen LogP contribution is -2.32. The highest BCUT2D eigenvalue weighted by molar-refractivity contribution is 6.36. The number of carbonyl (C=O) groups excluding carboxylic acids is 2. The van der Waals surface area contributed by atoms with Crippen molar-refractivity contribution in [2.75, 3.05) is 18.5 Å². The van der Waals surface area contributed by atoms with E-state index in [9.17, 15) is 9.59 Å². The van der Waals surface area contributed by atoms with Crippen LogP contribution >= 0.6 is 0 Å². The van der Waals surface area contributed by atoms with Crippen molar-refractivity contribution in [3.8, 4) is 11.5 Å². The van der Waals surface area contributed by atoms with Crippen LogP contribution in [0.25, 0.3) is 5.57 Å². The zero-order valence-corrected chi connectivity index (χ0v) is 17.5. The van der Waals surface area contributed by atoms with Gasteiger partial charge >= 0.3 is 0 Å². The average Bonchev–Trinajstić information content (AvgIpc) is 3.04. The molecule has 7 nitrogen and oxygen atoms in total. The van der Waals surface area contributed by atoms with Crippen molar-refractivity contribution in [2.24, 2.45) is 0 Å². The number of pyridine rings is 1. The first-order valence-corrected chi connectivity index (χ1v) is 10.3. The number of aryl methyl sites for hydroxylation is 1. The summed E-state index contributed by atoms with van der Waals surface area (Å²) < 4.78 is 11.2. The molecule has 1 aromatic heterocycles. The second-order valence-electron chi connectivity index (χ2n) is 7.66. The molecule has 2 aliphatic heterocycles. The van der Waals surface area contributed by atoms with Crippen LogP contribution in [0.5, 0.6) is 11.5 Å². The van der Waals surface area contributed by atoms with Crippen molar-refractivity contribution in [3.63, 3.8) is 0 Å². The summed E-state index contributed by atoms with van der Waals surface area (Å²) in [7, 11) is 0. The Morgan fingerprint density at radius 1 is 0.969 bits per heavy atom. The molecule has 7 heteroatoms. The van der Waals surface area contributed by atoms with Gasteiger partial charge in [-0.25, -0.2) is 0 Å². The number of fused-ring (bicyclic) bond motifs is 1. The van der Waals surface area contributed by atoms with E-state index in [0.29, 0.717) is 41.5 Å². The van der Waals surface area contributed by atoms with Crippen LogP contribution in [0.2, 0.25) is 0 Å². The summed E-state index contributed by atoms with van der Waals surface area (Å²) in [6.07, 6.45) is 3.31. The minimum atomic E-state index is -0.385. The largest absolute Gasteiger partial charge is 0.486 e. The summed E-state index contributed by atoms with van der Waals surface area (Å²) in [5, 5.41) is 3.17. The fraction of sp³-hybridized carbons (Fsp3) is 0.160. The van der Waals surface area contributed by atoms with Gasteiger partial charge in [-0.1, -0.05) is 35.9 Å². The van der Waals surface area contributed by atoms with Gasteiger partial charge in [-0.05, 0) is 36.2 Å². The van der Waals surface area contributed by atoms with Crippen LogP contribution in [0.15, 0.2) is 72.7 Å². The number of anilines is 1. The first-order chi connectivity index (χ1) is 15.6. The Balaban J connectivity index is 1.52. The molecule has 2 aromatic carbocycles. The maximum absolute atomic E-state index is 13.4. The lowest BCUT2D eigenvalue weighted by Gasteiger charge is -2.19. The van der Waals surface area contributed by atoms with E-state index in [4.69, 9.17) is 9.47 Å². The SMILES string of the molecule is Cc1ccc(C2=C(Nc3ccc4c(c3)OCCO4)C(=O)N(Cc3cccnc3)C2=O)cc1. The molecule has 0 atom stereocenters. The number of amides is 2. The van der Waals surface area contributed by atoms with Crippen LogP contribution in [-0.4, -0.2) is 34.9 Å². The van der Waals surface area contributed by atoms with Crippen molar-refractivity contribution in [2.45, 2.75) is 13.5 Å². The average molecular weight is 427 g/mol. The predicted octanol–water partition coefficient (Wildman–Crippen LogP) is 3.55. The van der Waals surface area contributed by atoms with Crippen LogP contribution in [0.1, 0.15) is 16.7 Å². The Morgan fingerprint density at radius 2 is 1.75 bits per heavy atom. The van der Waals surface area contributed by atoms with Crippen LogP contribution in [0, 0.1) is 6.92 Å². The third-order valence-corrected chi connectivity index (χ3v) is 5.38. The minimum absolute atomic E-state index is 0.146. The van der Waals surface area contributed by atoms with Gasteiger partial charge in [-0.2, -0.15) is 0 Å². The highest BCUT2D eigenvalue weighted by Crippen LogP contribution is 2.36. The molecule has 1 N–H and O–H groups in total. The third kappa shape index (κ3) is 3.69. The standard InChI is InChI=1S/C25H21N3O4/c1-16-4-6-18(7-5-16)22-23(27-19-8-9-20-21(13-19)32-12-11-31-20)25(30)28(24(22)29)15-17-3-2-10-26-14-17/h2-10,13-14,27H,11-12,15H2,1H3. The van der Waals surface area contributed by atoms with E-state index in [1.54, 1.807) is 36.7 Å². The van der Waals surface area contributed by atoms with Gasteiger partial charge in [0.1, 0.15) is 18.9 Å². The monoisotopic (exact) mass is 427 g/mol. The Morgan fingerprint density at radius 3 is 2.50 bits per heavy atom. The van der Waals surface area contributed by atoms with E-state index >= 15 is 0 Å². The van der Waals surface area contributed by atoms with Gasteiger partial charge in [-0.15, -0.1) is 0 Å². The molecule has 160 valence electrons. The molecule has 0 spiro atoms. The van der Waals surface area contributed by atoms with Gasteiger partial charge in [0.2, 0.25) is 0 Å². The molecule has 0 fully saturated rings. The molecular formula is C25H21N3O4. The smallest absolute Gasteiger partial charge is 0.278 e. The molecule has 2 aliphatic rings. The molecule has 32 heavy (non-hydrogen) atoms. The molecule has 0 aliphatic carbocycles. The number of imide groups is 1. The maximum atomic E-state index is 13.4. The quantitative estimate of drug-likeness (QED) is 0.628. The topological polar surface area (TPSA) is 80.8 Å². The minimum Gasteiger partial charge on any atom is -0.486 e. The lowest BCUT2D eigenvalue weighted by molar-refractivity contribution is -0.137. The lowest BCUT2D eigenvalue weighted by atomic mass is 10.0. The number of aromatic nitrogens is 1. The molecule has 3 heterocycles. The second kappa shape index (κ2) is 8.19. The highest BCUT2D eigenvalue weighted by Gasteiger charge is 2.39. The summed E-state index contributed by atoms with van der Waals surface area (Å²) in [6.45, 7) is 3.08. The van der Waals surface area contributed by atoms with Crippen molar-refractivity contribution in [1.82, 2.24) is 9.88 Å². The van der Waals surface area contributed by atoms with E-state index in [2.05, 4.69) is 10.3 Å². The van der Waals surface area contributed by atoms with E-state index in [1.807, 2.05) is 37.3 Å². The number of carbonyl (C=O) groups is 2. The number of ether oxygens (including phenoxy) is 2. The molecule has 0 bridgehead atoms. The van der Waals surface area contributed by atoms with E-state index < -0.39 is 0 Å². The molecular weight excluding hydrogens is 406 g/mol. The first kappa shape index (κ1) is 19.8. The molecule has 2 amide bonds. The predicted molar refractivity (Wildman–Crippen MR) is 119 cm³/mol. The normalized spacial score (nSPS) is 15.3. The summed E-state index contributed by atoms with van der Waals surface area (Å²) in [4.78, 5) is 32.1. The molecule has 0 radical (unpaired) electrons. The van der Waals surface area contributed by atoms with Gasteiger partial charge in [0, 0.05) is 24.1 Å². The van der Waals surface area contributed by atoms with Crippen molar-refractivity contribution < 1.29 is 19.1 Å². The van der Waals surface area contributed by atoms with Crippen molar-refractivity contribution in [3.05, 3.63) is 89.4 Å². The number of nitrogens with zero attached hydrogens (tertiary/aromatic N) is 2. The van der Waals surface area contributed by atoms with Gasteiger partial charge in [-0.3, -0.25) is 19.5 Å². The van der Waals surface area contributed by atoms with E-state index in [1.165, 1.54) is 4.90 Å². The Bertz CT molecular complexity index is 1220. The molecule has 3 aromatic rings. The fourth-order valence-corrected chi connectivity index (χ4v) is 3.76. The fourth-order valence-electron chi connectivity index (χ4n) is 3.76. The molecule has 0 unspecified atom stereocenters. The van der Waals surface area contributed by atoms with Crippen LogP contribution < -0.4 is 14.8 Å². The number of benzene rings is 2. The molecule has 0 saturated carbocycles. The second-order valence-corrected chi connectivity index (χ2v) is 7.66. The summed E-state index contributed by atoms with van der Waals surface area (Å²) in [6, 6.07) is 16.5.